The summed E-state index contributed by atoms with van der Waals surface area (Å²) in [6.07, 6.45) is 2.60. The van der Waals surface area contributed by atoms with Crippen LogP contribution < -0.4 is 10.6 Å². The van der Waals surface area contributed by atoms with Crippen LogP contribution in [0.25, 0.3) is 0 Å². The van der Waals surface area contributed by atoms with Crippen molar-refractivity contribution in [2.75, 3.05) is 11.9 Å². The van der Waals surface area contributed by atoms with Crippen LogP contribution in [0.4, 0.5) is 10.1 Å². The molecule has 1 aliphatic rings. The Morgan fingerprint density at radius 2 is 2.39 bits per heavy atom. The first-order chi connectivity index (χ1) is 8.57. The summed E-state index contributed by atoms with van der Waals surface area (Å²) in [5, 5.41) is 6.11. The second kappa shape index (κ2) is 5.36. The van der Waals surface area contributed by atoms with Gasteiger partial charge in [0, 0.05) is 5.69 Å². The van der Waals surface area contributed by atoms with E-state index in [-0.39, 0.29) is 11.7 Å². The van der Waals surface area contributed by atoms with Crippen molar-refractivity contribution in [3.63, 3.8) is 0 Å². The number of benzene rings is 1. The summed E-state index contributed by atoms with van der Waals surface area (Å²) in [5.41, 5.74) is 0.135. The molecular formula is C13H16BrFN2O. The van der Waals surface area contributed by atoms with E-state index in [4.69, 9.17) is 0 Å². The molecule has 2 N–H and O–H groups in total. The van der Waals surface area contributed by atoms with E-state index in [0.29, 0.717) is 10.2 Å². The van der Waals surface area contributed by atoms with E-state index in [1.165, 1.54) is 6.07 Å². The zero-order chi connectivity index (χ0) is 13.2. The van der Waals surface area contributed by atoms with Crippen LogP contribution >= 0.6 is 15.9 Å². The topological polar surface area (TPSA) is 41.1 Å². The average Bonchev–Trinajstić information content (AvgIpc) is 2.84. The third-order valence-electron chi connectivity index (χ3n) is 3.46. The number of hydrogen-bond donors (Lipinski definition) is 2. The van der Waals surface area contributed by atoms with E-state index in [0.717, 1.165) is 25.8 Å². The maximum atomic E-state index is 13.1. The van der Waals surface area contributed by atoms with Crippen LogP contribution in [0.5, 0.6) is 0 Å². The molecule has 0 bridgehead atoms. The molecule has 98 valence electrons. The van der Waals surface area contributed by atoms with Crippen LogP contribution in [-0.2, 0) is 4.79 Å². The quantitative estimate of drug-likeness (QED) is 0.900. The largest absolute Gasteiger partial charge is 0.324 e. The Morgan fingerprint density at radius 3 is 2.94 bits per heavy atom. The van der Waals surface area contributed by atoms with Crippen molar-refractivity contribution in [1.82, 2.24) is 5.32 Å². The Labute approximate surface area is 114 Å². The summed E-state index contributed by atoms with van der Waals surface area (Å²) in [4.78, 5) is 12.3. The molecule has 1 amide bonds. The normalized spacial score (nSPS) is 23.1. The molecule has 0 aliphatic carbocycles. The van der Waals surface area contributed by atoms with Crippen LogP contribution in [0, 0.1) is 5.82 Å². The third kappa shape index (κ3) is 2.57. The van der Waals surface area contributed by atoms with Gasteiger partial charge in [-0.3, -0.25) is 4.79 Å². The number of amides is 1. The number of halogens is 2. The molecule has 1 aliphatic heterocycles. The van der Waals surface area contributed by atoms with Gasteiger partial charge in [0.2, 0.25) is 5.91 Å². The number of carbonyl (C=O) groups is 1. The molecule has 5 heteroatoms. The minimum atomic E-state index is -0.471. The van der Waals surface area contributed by atoms with E-state index in [1.54, 1.807) is 12.1 Å². The minimum Gasteiger partial charge on any atom is -0.324 e. The molecule has 1 aromatic rings. The predicted molar refractivity (Wildman–Crippen MR) is 73.0 cm³/mol. The highest BCUT2D eigenvalue weighted by Gasteiger charge is 2.39. The fourth-order valence-electron chi connectivity index (χ4n) is 2.29. The van der Waals surface area contributed by atoms with Gasteiger partial charge in [0.05, 0.1) is 10.0 Å². The van der Waals surface area contributed by atoms with Gasteiger partial charge >= 0.3 is 0 Å². The highest BCUT2D eigenvalue weighted by atomic mass is 79.9. The zero-order valence-electron chi connectivity index (χ0n) is 10.2. The fraction of sp³-hybridized carbons (Fsp3) is 0.462. The molecule has 0 saturated carbocycles. The molecule has 1 aromatic carbocycles. The average molecular weight is 315 g/mol. The molecule has 1 fully saturated rings. The molecule has 0 aromatic heterocycles. The van der Waals surface area contributed by atoms with Gasteiger partial charge in [-0.25, -0.2) is 4.39 Å². The highest BCUT2D eigenvalue weighted by Crippen LogP contribution is 2.26. The van der Waals surface area contributed by atoms with E-state index >= 15 is 0 Å². The van der Waals surface area contributed by atoms with Crippen LogP contribution in [-0.4, -0.2) is 18.0 Å². The maximum Gasteiger partial charge on any atom is 0.244 e. The van der Waals surface area contributed by atoms with E-state index in [1.807, 2.05) is 6.92 Å². The first-order valence-electron chi connectivity index (χ1n) is 6.09. The maximum absolute atomic E-state index is 13.1. The van der Waals surface area contributed by atoms with Crippen LogP contribution in [0.15, 0.2) is 22.7 Å². The summed E-state index contributed by atoms with van der Waals surface area (Å²) in [6, 6.07) is 4.47. The monoisotopic (exact) mass is 314 g/mol. The second-order valence-electron chi connectivity index (χ2n) is 4.55. The molecule has 18 heavy (non-hydrogen) atoms. The van der Waals surface area contributed by atoms with Gasteiger partial charge < -0.3 is 10.6 Å². The second-order valence-corrected chi connectivity index (χ2v) is 5.40. The lowest BCUT2D eigenvalue weighted by Crippen LogP contribution is -2.50. The standard InChI is InChI=1S/C13H16BrFN2O/c1-2-13(6-3-7-16-13)12(18)17-9-4-5-11(15)10(14)8-9/h4-5,8,16H,2-3,6-7H2,1H3,(H,17,18). The minimum absolute atomic E-state index is 0.0407. The van der Waals surface area contributed by atoms with Crippen LogP contribution in [0.1, 0.15) is 26.2 Å². The third-order valence-corrected chi connectivity index (χ3v) is 4.07. The Morgan fingerprint density at radius 1 is 1.61 bits per heavy atom. The molecule has 1 unspecified atom stereocenters. The molecule has 1 heterocycles. The lowest BCUT2D eigenvalue weighted by molar-refractivity contribution is -0.122. The van der Waals surface area contributed by atoms with Gasteiger partial charge in [-0.05, 0) is 59.9 Å². The van der Waals surface area contributed by atoms with Crippen LogP contribution in [0.2, 0.25) is 0 Å². The van der Waals surface area contributed by atoms with Crippen LogP contribution in [0.3, 0.4) is 0 Å². The van der Waals surface area contributed by atoms with Gasteiger partial charge in [0.15, 0.2) is 0 Å². The predicted octanol–water partition coefficient (Wildman–Crippen LogP) is 3.06. The molecule has 0 spiro atoms. The molecule has 1 atom stereocenters. The Bertz CT molecular complexity index is 458. The summed E-state index contributed by atoms with van der Waals surface area (Å²) in [7, 11) is 0. The van der Waals surface area contributed by atoms with Gasteiger partial charge in [-0.1, -0.05) is 6.92 Å². The SMILES string of the molecule is CCC1(C(=O)Nc2ccc(F)c(Br)c2)CCCN1. The molecule has 3 nitrogen and oxygen atoms in total. The van der Waals surface area contributed by atoms with Crippen molar-refractivity contribution in [2.45, 2.75) is 31.7 Å². The molecule has 0 radical (unpaired) electrons. The first kappa shape index (κ1) is 13.5. The fourth-order valence-corrected chi connectivity index (χ4v) is 2.67. The summed E-state index contributed by atoms with van der Waals surface area (Å²) in [5.74, 6) is -0.377. The zero-order valence-corrected chi connectivity index (χ0v) is 11.8. The van der Waals surface area contributed by atoms with E-state index in [9.17, 15) is 9.18 Å². The molecule has 2 rings (SSSR count). The molecular weight excluding hydrogens is 299 g/mol. The van der Waals surface area contributed by atoms with Gasteiger partial charge in [0.1, 0.15) is 5.82 Å². The van der Waals surface area contributed by atoms with Crippen molar-refractivity contribution in [3.8, 4) is 0 Å². The van der Waals surface area contributed by atoms with Crippen molar-refractivity contribution in [2.24, 2.45) is 0 Å². The smallest absolute Gasteiger partial charge is 0.244 e. The Kier molecular flexibility index (Phi) is 4.02. The lowest BCUT2D eigenvalue weighted by Gasteiger charge is -2.26. The van der Waals surface area contributed by atoms with Crippen molar-refractivity contribution >= 4 is 27.5 Å². The number of rotatable bonds is 3. The highest BCUT2D eigenvalue weighted by molar-refractivity contribution is 9.10. The Hall–Kier alpha value is -0.940. The summed E-state index contributed by atoms with van der Waals surface area (Å²) < 4.78 is 13.5. The first-order valence-corrected chi connectivity index (χ1v) is 6.88. The Balaban J connectivity index is 2.13. The molecule has 1 saturated heterocycles. The van der Waals surface area contributed by atoms with Crippen molar-refractivity contribution in [1.29, 1.82) is 0 Å². The number of hydrogen-bond acceptors (Lipinski definition) is 2. The summed E-state index contributed by atoms with van der Waals surface area (Å²) >= 11 is 3.11. The lowest BCUT2D eigenvalue weighted by atomic mass is 9.93. The summed E-state index contributed by atoms with van der Waals surface area (Å²) in [6.45, 7) is 2.87. The van der Waals surface area contributed by atoms with Gasteiger partial charge in [-0.2, -0.15) is 0 Å². The van der Waals surface area contributed by atoms with E-state index < -0.39 is 5.54 Å². The van der Waals surface area contributed by atoms with E-state index in [2.05, 4.69) is 26.6 Å². The number of anilines is 1. The van der Waals surface area contributed by atoms with Gasteiger partial charge in [0.25, 0.3) is 0 Å². The van der Waals surface area contributed by atoms with Crippen molar-refractivity contribution < 1.29 is 9.18 Å². The van der Waals surface area contributed by atoms with Gasteiger partial charge in [-0.15, -0.1) is 0 Å². The number of carbonyl (C=O) groups excluding carboxylic acids is 1. The van der Waals surface area contributed by atoms with Crippen molar-refractivity contribution in [3.05, 3.63) is 28.5 Å². The number of nitrogens with one attached hydrogen (secondary N) is 2.